The highest BCUT2D eigenvalue weighted by Crippen LogP contribution is 2.30. The van der Waals surface area contributed by atoms with Crippen molar-refractivity contribution in [3.63, 3.8) is 0 Å². The Kier molecular flexibility index (Phi) is 3.58. The average Bonchev–Trinajstić information content (AvgIpc) is 3.01. The fourth-order valence-corrected chi connectivity index (χ4v) is 3.40. The van der Waals surface area contributed by atoms with E-state index in [1.807, 2.05) is 6.92 Å². The first-order chi connectivity index (χ1) is 9.54. The maximum absolute atomic E-state index is 12.2. The molecule has 2 aliphatic heterocycles. The zero-order valence-corrected chi connectivity index (χ0v) is 11.9. The van der Waals surface area contributed by atoms with Crippen molar-refractivity contribution in [2.75, 3.05) is 26.2 Å². The van der Waals surface area contributed by atoms with Crippen molar-refractivity contribution >= 4 is 12.0 Å². The molecule has 0 aromatic carbocycles. The molecule has 3 unspecified atom stereocenters. The van der Waals surface area contributed by atoms with Gasteiger partial charge in [-0.05, 0) is 25.2 Å². The summed E-state index contributed by atoms with van der Waals surface area (Å²) >= 11 is 0. The lowest BCUT2D eigenvalue weighted by Crippen LogP contribution is -2.45. The smallest absolute Gasteiger partial charge is 0.317 e. The second-order valence-corrected chi connectivity index (χ2v) is 6.49. The lowest BCUT2D eigenvalue weighted by Gasteiger charge is -2.21. The Morgan fingerprint density at radius 3 is 2.50 bits per heavy atom. The van der Waals surface area contributed by atoms with E-state index in [1.54, 1.807) is 4.90 Å². The molecule has 2 heterocycles. The minimum atomic E-state index is -0.798. The van der Waals surface area contributed by atoms with E-state index in [0.29, 0.717) is 13.1 Å². The number of nitrogens with zero attached hydrogens (tertiary/aromatic N) is 2. The van der Waals surface area contributed by atoms with Gasteiger partial charge in [0.15, 0.2) is 0 Å². The van der Waals surface area contributed by atoms with Crippen LogP contribution in [0.2, 0.25) is 0 Å². The Bertz CT molecular complexity index is 410. The summed E-state index contributed by atoms with van der Waals surface area (Å²) < 4.78 is 0. The van der Waals surface area contributed by atoms with Crippen molar-refractivity contribution in [2.45, 2.75) is 38.3 Å². The number of rotatable bonds is 3. The van der Waals surface area contributed by atoms with Crippen LogP contribution in [0.5, 0.6) is 0 Å². The summed E-state index contributed by atoms with van der Waals surface area (Å²) in [5.74, 6) is -1.19. The molecule has 2 N–H and O–H groups in total. The van der Waals surface area contributed by atoms with Gasteiger partial charge in [0.2, 0.25) is 0 Å². The number of carboxylic acids is 1. The summed E-state index contributed by atoms with van der Waals surface area (Å²) in [5, 5.41) is 12.2. The number of urea groups is 1. The van der Waals surface area contributed by atoms with Crippen molar-refractivity contribution in [1.82, 2.24) is 15.1 Å². The highest BCUT2D eigenvalue weighted by Gasteiger charge is 2.39. The van der Waals surface area contributed by atoms with Crippen molar-refractivity contribution < 1.29 is 14.7 Å². The van der Waals surface area contributed by atoms with E-state index < -0.39 is 11.9 Å². The minimum Gasteiger partial charge on any atom is -0.481 e. The van der Waals surface area contributed by atoms with E-state index >= 15 is 0 Å². The van der Waals surface area contributed by atoms with Crippen LogP contribution in [0.3, 0.4) is 0 Å². The molecule has 2 saturated heterocycles. The van der Waals surface area contributed by atoms with Gasteiger partial charge in [0.25, 0.3) is 0 Å². The molecular weight excluding hydrogens is 258 g/mol. The standard InChI is InChI=1S/C14H23N3O3/c1-9-6-17(8-12(9)13(18)19)14(20)15-10-4-5-16(7-10)11-2-3-11/h9-12H,2-8H2,1H3,(H,15,20)(H,18,19). The molecule has 0 aromatic rings. The Hall–Kier alpha value is -1.30. The molecule has 6 heteroatoms. The van der Waals surface area contributed by atoms with E-state index in [-0.39, 0.29) is 18.0 Å². The summed E-state index contributed by atoms with van der Waals surface area (Å²) in [6.07, 6.45) is 3.60. The Balaban J connectivity index is 1.49. The number of hydrogen-bond donors (Lipinski definition) is 2. The quantitative estimate of drug-likeness (QED) is 0.794. The summed E-state index contributed by atoms with van der Waals surface area (Å²) in [6, 6.07) is 0.880. The van der Waals surface area contributed by atoms with Gasteiger partial charge in [-0.2, -0.15) is 0 Å². The van der Waals surface area contributed by atoms with Gasteiger partial charge < -0.3 is 15.3 Å². The predicted molar refractivity (Wildman–Crippen MR) is 73.4 cm³/mol. The number of nitrogens with one attached hydrogen (secondary N) is 1. The first-order valence-corrected chi connectivity index (χ1v) is 7.57. The molecule has 2 amide bonds. The van der Waals surface area contributed by atoms with Crippen molar-refractivity contribution in [3.05, 3.63) is 0 Å². The van der Waals surface area contributed by atoms with Crippen molar-refractivity contribution in [2.24, 2.45) is 11.8 Å². The highest BCUT2D eigenvalue weighted by molar-refractivity contribution is 5.77. The third-order valence-electron chi connectivity index (χ3n) is 4.83. The van der Waals surface area contributed by atoms with Gasteiger partial charge in [-0.3, -0.25) is 9.69 Å². The molecule has 112 valence electrons. The molecule has 1 saturated carbocycles. The second-order valence-electron chi connectivity index (χ2n) is 6.49. The number of carbonyl (C=O) groups is 2. The van der Waals surface area contributed by atoms with E-state index in [9.17, 15) is 9.59 Å². The van der Waals surface area contributed by atoms with E-state index in [2.05, 4.69) is 10.2 Å². The van der Waals surface area contributed by atoms with Crippen LogP contribution in [-0.2, 0) is 4.79 Å². The molecule has 0 bridgehead atoms. The van der Waals surface area contributed by atoms with Gasteiger partial charge in [0.1, 0.15) is 0 Å². The van der Waals surface area contributed by atoms with Crippen LogP contribution in [0.4, 0.5) is 4.79 Å². The van der Waals surface area contributed by atoms with Crippen LogP contribution in [0, 0.1) is 11.8 Å². The maximum Gasteiger partial charge on any atom is 0.317 e. The number of amides is 2. The van der Waals surface area contributed by atoms with Gasteiger partial charge in [-0.15, -0.1) is 0 Å². The molecule has 0 aromatic heterocycles. The summed E-state index contributed by atoms with van der Waals surface area (Å²) in [5.41, 5.74) is 0. The molecule has 0 radical (unpaired) electrons. The lowest BCUT2D eigenvalue weighted by molar-refractivity contribution is -0.142. The molecule has 6 nitrogen and oxygen atoms in total. The summed E-state index contributed by atoms with van der Waals surface area (Å²) in [7, 11) is 0. The largest absolute Gasteiger partial charge is 0.481 e. The SMILES string of the molecule is CC1CN(C(=O)NC2CCN(C3CC3)C2)CC1C(=O)O. The van der Waals surface area contributed by atoms with Crippen LogP contribution >= 0.6 is 0 Å². The molecule has 0 spiro atoms. The summed E-state index contributed by atoms with van der Waals surface area (Å²) in [6.45, 7) is 4.80. The van der Waals surface area contributed by atoms with Crippen LogP contribution < -0.4 is 5.32 Å². The molecule has 20 heavy (non-hydrogen) atoms. The van der Waals surface area contributed by atoms with E-state index in [0.717, 1.165) is 25.6 Å². The maximum atomic E-state index is 12.2. The van der Waals surface area contributed by atoms with E-state index in [1.165, 1.54) is 12.8 Å². The normalized spacial score (nSPS) is 34.5. The predicted octanol–water partition coefficient (Wildman–Crippen LogP) is 0.585. The number of aliphatic carboxylic acids is 1. The molecule has 1 aliphatic carbocycles. The van der Waals surface area contributed by atoms with Gasteiger partial charge >= 0.3 is 12.0 Å². The molecule has 3 fully saturated rings. The molecule has 3 rings (SSSR count). The zero-order chi connectivity index (χ0) is 14.3. The van der Waals surface area contributed by atoms with E-state index in [4.69, 9.17) is 5.11 Å². The van der Waals surface area contributed by atoms with Crippen LogP contribution in [0.1, 0.15) is 26.2 Å². The molecular formula is C14H23N3O3. The first-order valence-electron chi connectivity index (χ1n) is 7.57. The number of likely N-dealkylation sites (tertiary alicyclic amines) is 2. The third-order valence-corrected chi connectivity index (χ3v) is 4.83. The van der Waals surface area contributed by atoms with Crippen molar-refractivity contribution in [3.8, 4) is 0 Å². The number of hydrogen-bond acceptors (Lipinski definition) is 3. The Morgan fingerprint density at radius 1 is 1.15 bits per heavy atom. The molecule has 3 aliphatic rings. The minimum absolute atomic E-state index is 0.0322. The first kappa shape index (κ1) is 13.7. The fraction of sp³-hybridized carbons (Fsp3) is 0.857. The van der Waals surface area contributed by atoms with Crippen LogP contribution in [-0.4, -0.2) is 65.2 Å². The third kappa shape index (κ3) is 2.75. The zero-order valence-electron chi connectivity index (χ0n) is 11.9. The van der Waals surface area contributed by atoms with Gasteiger partial charge in [0.05, 0.1) is 5.92 Å². The second kappa shape index (κ2) is 5.24. The highest BCUT2D eigenvalue weighted by atomic mass is 16.4. The number of carbonyl (C=O) groups excluding carboxylic acids is 1. The average molecular weight is 281 g/mol. The number of carboxylic acid groups (broad SMARTS) is 1. The summed E-state index contributed by atoms with van der Waals surface area (Å²) in [4.78, 5) is 27.4. The van der Waals surface area contributed by atoms with Gasteiger partial charge in [-0.25, -0.2) is 4.79 Å². The topological polar surface area (TPSA) is 72.9 Å². The fourth-order valence-electron chi connectivity index (χ4n) is 3.40. The van der Waals surface area contributed by atoms with Gasteiger partial charge in [-0.1, -0.05) is 6.92 Å². The van der Waals surface area contributed by atoms with Gasteiger partial charge in [0, 0.05) is 38.3 Å². The molecule has 3 atom stereocenters. The van der Waals surface area contributed by atoms with Crippen LogP contribution in [0.25, 0.3) is 0 Å². The Morgan fingerprint density at radius 2 is 1.90 bits per heavy atom. The Labute approximate surface area is 119 Å². The lowest BCUT2D eigenvalue weighted by atomic mass is 9.99. The monoisotopic (exact) mass is 281 g/mol. The van der Waals surface area contributed by atoms with Crippen molar-refractivity contribution in [1.29, 1.82) is 0 Å². The van der Waals surface area contributed by atoms with Crippen LogP contribution in [0.15, 0.2) is 0 Å².